The number of carbonyl (C=O) groups excluding carboxylic acids is 1. The van der Waals surface area contributed by atoms with Crippen molar-refractivity contribution in [2.24, 2.45) is 0 Å². The van der Waals surface area contributed by atoms with E-state index in [1.807, 2.05) is 32.0 Å². The van der Waals surface area contributed by atoms with Crippen molar-refractivity contribution in [1.29, 1.82) is 0 Å². The van der Waals surface area contributed by atoms with Gasteiger partial charge in [-0.05, 0) is 55.8 Å². The monoisotopic (exact) mass is 474 g/mol. The van der Waals surface area contributed by atoms with Gasteiger partial charge in [-0.2, -0.15) is 0 Å². The zero-order valence-electron chi connectivity index (χ0n) is 19.9. The summed E-state index contributed by atoms with van der Waals surface area (Å²) in [7, 11) is 1.54. The van der Waals surface area contributed by atoms with Gasteiger partial charge in [0.15, 0.2) is 0 Å². The van der Waals surface area contributed by atoms with Crippen LogP contribution in [0.1, 0.15) is 32.1 Å². The summed E-state index contributed by atoms with van der Waals surface area (Å²) in [6.07, 6.45) is 0.674. The van der Waals surface area contributed by atoms with Crippen molar-refractivity contribution in [1.82, 2.24) is 14.5 Å². The molecule has 7 nitrogen and oxygen atoms in total. The van der Waals surface area contributed by atoms with Crippen molar-refractivity contribution in [2.45, 2.75) is 26.3 Å². The maximum absolute atomic E-state index is 13.7. The first-order valence-corrected chi connectivity index (χ1v) is 11.4. The van der Waals surface area contributed by atoms with Crippen LogP contribution in [0.5, 0.6) is 5.75 Å². The van der Waals surface area contributed by atoms with E-state index < -0.39 is 17.9 Å². The molecule has 0 aliphatic carbocycles. The third-order valence-electron chi connectivity index (χ3n) is 5.77. The van der Waals surface area contributed by atoms with Crippen LogP contribution in [0.2, 0.25) is 0 Å². The number of aromatic nitrogens is 2. The number of urea groups is 1. The number of methoxy groups -OCH3 is 1. The van der Waals surface area contributed by atoms with Crippen molar-refractivity contribution in [3.63, 3.8) is 0 Å². The highest BCUT2D eigenvalue weighted by Gasteiger charge is 2.27. The minimum absolute atomic E-state index is 0.260. The first kappa shape index (κ1) is 23.9. The predicted octanol–water partition coefficient (Wildman–Crippen LogP) is 5.54. The Labute approximate surface area is 202 Å². The van der Waals surface area contributed by atoms with E-state index in [1.165, 1.54) is 29.9 Å². The van der Waals surface area contributed by atoms with Crippen molar-refractivity contribution >= 4 is 22.6 Å². The van der Waals surface area contributed by atoms with Gasteiger partial charge in [-0.25, -0.2) is 14.2 Å². The Bertz CT molecular complexity index is 1420. The van der Waals surface area contributed by atoms with Crippen LogP contribution in [0, 0.1) is 5.82 Å². The molecule has 35 heavy (non-hydrogen) atoms. The van der Waals surface area contributed by atoms with Gasteiger partial charge in [0.05, 0.1) is 29.7 Å². The predicted molar refractivity (Wildman–Crippen MR) is 135 cm³/mol. The van der Waals surface area contributed by atoms with E-state index in [0.29, 0.717) is 46.8 Å². The van der Waals surface area contributed by atoms with Crippen molar-refractivity contribution < 1.29 is 13.9 Å². The maximum atomic E-state index is 13.7. The molecule has 0 bridgehead atoms. The second-order valence-corrected chi connectivity index (χ2v) is 8.11. The van der Waals surface area contributed by atoms with Gasteiger partial charge in [-0.1, -0.05) is 37.3 Å². The van der Waals surface area contributed by atoms with E-state index in [4.69, 9.17) is 9.72 Å². The van der Waals surface area contributed by atoms with Crippen LogP contribution < -0.4 is 15.6 Å². The van der Waals surface area contributed by atoms with E-state index in [-0.39, 0.29) is 5.56 Å². The number of halogens is 1. The fourth-order valence-electron chi connectivity index (χ4n) is 4.09. The first-order chi connectivity index (χ1) is 16.9. The zero-order valence-corrected chi connectivity index (χ0v) is 19.9. The molecule has 180 valence electrons. The number of nitrogens with one attached hydrogen (secondary N) is 1. The molecule has 4 rings (SSSR count). The molecule has 0 fully saturated rings. The Hall–Kier alpha value is -4.20. The van der Waals surface area contributed by atoms with Crippen LogP contribution >= 0.6 is 0 Å². The lowest BCUT2D eigenvalue weighted by Crippen LogP contribution is -2.40. The average molecular weight is 475 g/mol. The van der Waals surface area contributed by atoms with Crippen LogP contribution in [0.3, 0.4) is 0 Å². The third-order valence-corrected chi connectivity index (χ3v) is 5.77. The van der Waals surface area contributed by atoms with Gasteiger partial charge >= 0.3 is 6.03 Å². The molecule has 0 radical (unpaired) electrons. The fraction of sp³-hybridized carbons (Fsp3) is 0.222. The van der Waals surface area contributed by atoms with Gasteiger partial charge in [0, 0.05) is 12.2 Å². The largest absolute Gasteiger partial charge is 0.495 e. The average Bonchev–Trinajstić information content (AvgIpc) is 2.87. The van der Waals surface area contributed by atoms with Gasteiger partial charge in [0.1, 0.15) is 17.4 Å². The molecule has 3 aromatic carbocycles. The maximum Gasteiger partial charge on any atom is 0.322 e. The molecular formula is C27H27FN4O3. The summed E-state index contributed by atoms with van der Waals surface area (Å²) in [5, 5.41) is 3.22. The summed E-state index contributed by atoms with van der Waals surface area (Å²) >= 11 is 0. The Morgan fingerprint density at radius 2 is 1.86 bits per heavy atom. The second-order valence-electron chi connectivity index (χ2n) is 8.11. The van der Waals surface area contributed by atoms with Gasteiger partial charge < -0.3 is 15.0 Å². The molecule has 8 heteroatoms. The normalized spacial score (nSPS) is 11.8. The third kappa shape index (κ3) is 4.87. The summed E-state index contributed by atoms with van der Waals surface area (Å²) in [5.74, 6) is 0.450. The molecule has 1 unspecified atom stereocenters. The molecule has 0 spiro atoms. The molecule has 0 saturated carbocycles. The number of rotatable bonds is 7. The number of nitrogens with zero attached hydrogens (tertiary/aromatic N) is 3. The molecule has 0 saturated heterocycles. The zero-order chi connectivity index (χ0) is 24.9. The van der Waals surface area contributed by atoms with E-state index in [0.717, 1.165) is 0 Å². The Balaban J connectivity index is 1.86. The minimum atomic E-state index is -0.592. The summed E-state index contributed by atoms with van der Waals surface area (Å²) in [6.45, 7) is 4.18. The first-order valence-electron chi connectivity index (χ1n) is 11.4. The minimum Gasteiger partial charge on any atom is -0.495 e. The van der Waals surface area contributed by atoms with Gasteiger partial charge in [-0.3, -0.25) is 9.36 Å². The smallest absolute Gasteiger partial charge is 0.322 e. The van der Waals surface area contributed by atoms with Crippen LogP contribution in [0.25, 0.3) is 16.6 Å². The van der Waals surface area contributed by atoms with Crippen molar-refractivity contribution in [3.05, 3.63) is 94.8 Å². The molecule has 1 aromatic heterocycles. The highest BCUT2D eigenvalue weighted by atomic mass is 19.1. The molecule has 4 aromatic rings. The van der Waals surface area contributed by atoms with E-state index in [1.54, 1.807) is 41.3 Å². The second kappa shape index (κ2) is 10.4. The molecule has 1 atom stereocenters. The number of carbonyl (C=O) groups is 1. The molecule has 1 N–H and O–H groups in total. The van der Waals surface area contributed by atoms with Gasteiger partial charge in [-0.15, -0.1) is 0 Å². The highest BCUT2D eigenvalue weighted by molar-refractivity contribution is 5.89. The number of para-hydroxylation sites is 3. The number of fused-ring (bicyclic) bond motifs is 1. The number of ether oxygens (including phenoxy) is 1. The lowest BCUT2D eigenvalue weighted by molar-refractivity contribution is 0.189. The van der Waals surface area contributed by atoms with Crippen LogP contribution in [-0.2, 0) is 0 Å². The molecule has 0 aliphatic rings. The van der Waals surface area contributed by atoms with Gasteiger partial charge in [0.2, 0.25) is 0 Å². The quantitative estimate of drug-likeness (QED) is 0.382. The number of benzene rings is 3. The molecular weight excluding hydrogens is 447 g/mol. The fourth-order valence-corrected chi connectivity index (χ4v) is 4.09. The summed E-state index contributed by atoms with van der Waals surface area (Å²) in [4.78, 5) is 33.4. The van der Waals surface area contributed by atoms with Crippen LogP contribution in [0.4, 0.5) is 14.9 Å². The summed E-state index contributed by atoms with van der Waals surface area (Å²) < 4.78 is 20.7. The van der Waals surface area contributed by atoms with Crippen molar-refractivity contribution in [2.75, 3.05) is 19.0 Å². The number of anilines is 1. The van der Waals surface area contributed by atoms with Crippen LogP contribution in [-0.4, -0.2) is 34.1 Å². The molecule has 1 heterocycles. The summed E-state index contributed by atoms with van der Waals surface area (Å²) in [5.41, 5.74) is 1.15. The SMILES string of the molecule is CCCN(C(=O)Nc1cccc(F)c1)C(C)c1nc2ccccc2c(=O)n1-c1ccccc1OC. The van der Waals surface area contributed by atoms with E-state index >= 15 is 0 Å². The standard InChI is InChI=1S/C27H27FN4O3/c1-4-16-31(27(34)29-20-11-9-10-19(28)17-20)18(2)25-30-22-13-6-5-12-21(22)26(33)32(25)23-14-7-8-15-24(23)35-3/h5-15,17-18H,4,16H2,1-3H3,(H,29,34). The molecule has 0 aliphatic heterocycles. The highest BCUT2D eigenvalue weighted by Crippen LogP contribution is 2.28. The van der Waals surface area contributed by atoms with Gasteiger partial charge in [0.25, 0.3) is 5.56 Å². The van der Waals surface area contributed by atoms with E-state index in [9.17, 15) is 14.0 Å². The van der Waals surface area contributed by atoms with Crippen molar-refractivity contribution in [3.8, 4) is 11.4 Å². The lowest BCUT2D eigenvalue weighted by atomic mass is 10.1. The Morgan fingerprint density at radius 3 is 2.60 bits per heavy atom. The van der Waals surface area contributed by atoms with E-state index in [2.05, 4.69) is 5.32 Å². The topological polar surface area (TPSA) is 76.5 Å². The number of hydrogen-bond donors (Lipinski definition) is 1. The number of hydrogen-bond acceptors (Lipinski definition) is 4. The Kier molecular flexibility index (Phi) is 7.10. The number of amides is 2. The Morgan fingerprint density at radius 1 is 1.11 bits per heavy atom. The summed E-state index contributed by atoms with van der Waals surface area (Å²) in [6, 6.07) is 19.0. The van der Waals surface area contributed by atoms with Crippen LogP contribution in [0.15, 0.2) is 77.6 Å². The molecule has 2 amide bonds. The lowest BCUT2D eigenvalue weighted by Gasteiger charge is -2.30.